The molecular weight excluding hydrogens is 910 g/mol. The summed E-state index contributed by atoms with van der Waals surface area (Å²) < 4.78 is 20.3. The zero-order valence-corrected chi connectivity index (χ0v) is 35.9. The van der Waals surface area contributed by atoms with E-state index in [9.17, 15) is 18.9 Å². The number of β-lactam (4-membered cyclic amide) rings is 1. The van der Waals surface area contributed by atoms with Crippen LogP contribution in [-0.4, -0.2) is 66.6 Å². The fraction of sp³-hybridized carbons (Fsp3) is 0.152. The monoisotopic (exact) mass is 947 g/mol. The summed E-state index contributed by atoms with van der Waals surface area (Å²) in [4.78, 5) is 53.4. The van der Waals surface area contributed by atoms with E-state index in [-0.39, 0.29) is 22.9 Å². The third-order valence-corrected chi connectivity index (χ3v) is 13.7. The number of anilines is 1. The van der Waals surface area contributed by atoms with Crippen LogP contribution >= 0.6 is 33.9 Å². The Morgan fingerprint density at radius 3 is 1.85 bits per heavy atom. The minimum absolute atomic E-state index is 0.0294. The second kappa shape index (κ2) is 18.2. The number of amides is 2. The van der Waals surface area contributed by atoms with Crippen molar-refractivity contribution < 1.29 is 28.5 Å². The molecule has 60 heavy (non-hydrogen) atoms. The van der Waals surface area contributed by atoms with E-state index in [1.54, 1.807) is 5.38 Å². The summed E-state index contributed by atoms with van der Waals surface area (Å²) in [7, 11) is 1.31. The summed E-state index contributed by atoms with van der Waals surface area (Å²) in [5.41, 5.74) is 4.11. The number of rotatable bonds is 14. The van der Waals surface area contributed by atoms with Gasteiger partial charge in [0, 0.05) is 15.4 Å². The van der Waals surface area contributed by atoms with Gasteiger partial charge in [-0.1, -0.05) is 179 Å². The van der Waals surface area contributed by atoms with Gasteiger partial charge in [0.2, 0.25) is 5.37 Å². The van der Waals surface area contributed by atoms with Crippen molar-refractivity contribution in [2.45, 2.75) is 23.1 Å². The van der Waals surface area contributed by atoms with Crippen LogP contribution in [0.3, 0.4) is 0 Å². The molecule has 14 heteroatoms. The van der Waals surface area contributed by atoms with Crippen LogP contribution in [0, 0.1) is 0 Å². The molecule has 1 saturated heterocycles. The van der Waals surface area contributed by atoms with Crippen molar-refractivity contribution in [3.8, 4) is 0 Å². The lowest BCUT2D eigenvalue weighted by atomic mass is 9.77. The number of fused-ring (bicyclic) bond motifs is 1. The Morgan fingerprint density at radius 2 is 1.37 bits per heavy atom. The highest BCUT2D eigenvalue weighted by Gasteiger charge is 2.61. The maximum atomic E-state index is 14.1. The van der Waals surface area contributed by atoms with Gasteiger partial charge in [-0.15, -0.1) is 11.3 Å². The van der Waals surface area contributed by atoms with E-state index >= 15 is 0 Å². The first-order valence-electron chi connectivity index (χ1n) is 19.0. The van der Waals surface area contributed by atoms with Crippen molar-refractivity contribution in [3.05, 3.63) is 202 Å². The van der Waals surface area contributed by atoms with Gasteiger partial charge in [-0.05, 0) is 39.0 Å². The number of carbonyl (C=O) groups is 3. The van der Waals surface area contributed by atoms with Crippen molar-refractivity contribution in [2.75, 3.05) is 22.6 Å². The van der Waals surface area contributed by atoms with Gasteiger partial charge in [0.1, 0.15) is 29.8 Å². The molecule has 0 radical (unpaired) electrons. The van der Waals surface area contributed by atoms with Crippen LogP contribution in [0.4, 0.5) is 5.13 Å². The maximum absolute atomic E-state index is 14.1. The number of oxime groups is 1. The molecule has 0 saturated carbocycles. The van der Waals surface area contributed by atoms with Gasteiger partial charge in [0.25, 0.3) is 11.8 Å². The Bertz CT molecular complexity index is 2390. The third-order valence-electron chi connectivity index (χ3n) is 10.3. The van der Waals surface area contributed by atoms with E-state index in [1.165, 1.54) is 23.3 Å². The van der Waals surface area contributed by atoms with Crippen LogP contribution in [0.15, 0.2) is 173 Å². The molecule has 6 aromatic rings. The first-order valence-corrected chi connectivity index (χ1v) is 22.7. The maximum Gasteiger partial charge on any atom is 0.356 e. The fourth-order valence-corrected chi connectivity index (χ4v) is 11.0. The lowest BCUT2D eigenvalue weighted by Crippen LogP contribution is -2.75. The molecule has 2 amide bonds. The minimum Gasteiger partial charge on any atom is -0.614 e. The largest absolute Gasteiger partial charge is 0.614 e. The van der Waals surface area contributed by atoms with E-state index in [2.05, 4.69) is 74.8 Å². The summed E-state index contributed by atoms with van der Waals surface area (Å²) in [6.07, 6.45) is -0.760. The standard InChI is InChI=1S/C46H38IN5O6S2/c1-57-51-37(36-28-59-45(48-36)50-46(33-21-11-4-12-22-33,34-23-13-5-14-24-34)35-25-15-6-16-26-35)41(53)49-38-42(54)52-39(32(27-47)29-60(56)43(38)52)44(55)58-40(30-17-7-2-8-18-30)31-19-9-3-10-20-31/h2-26,28,38,40,43H,27,29H2,1H3,(H,48,50)(H,49,53)/b51-37-/t38?,43-,60?/m0/s1. The Labute approximate surface area is 367 Å². The van der Waals surface area contributed by atoms with Gasteiger partial charge in [-0.25, -0.2) is 9.78 Å². The number of thiazole rings is 1. The van der Waals surface area contributed by atoms with Gasteiger partial charge < -0.3 is 24.8 Å². The van der Waals surface area contributed by atoms with Gasteiger partial charge in [0.15, 0.2) is 23.0 Å². The smallest absolute Gasteiger partial charge is 0.356 e. The Balaban J connectivity index is 1.05. The summed E-state index contributed by atoms with van der Waals surface area (Å²) in [5, 5.41) is 11.6. The predicted molar refractivity (Wildman–Crippen MR) is 241 cm³/mol. The zero-order valence-electron chi connectivity index (χ0n) is 32.1. The first-order chi connectivity index (χ1) is 29.3. The van der Waals surface area contributed by atoms with E-state index in [0.29, 0.717) is 15.1 Å². The highest BCUT2D eigenvalue weighted by molar-refractivity contribution is 14.1. The van der Waals surface area contributed by atoms with Gasteiger partial charge in [-0.3, -0.25) is 14.5 Å². The molecule has 0 aliphatic carbocycles. The summed E-state index contributed by atoms with van der Waals surface area (Å²) in [6, 6.07) is 47.5. The number of aromatic nitrogens is 1. The van der Waals surface area contributed by atoms with Crippen molar-refractivity contribution in [1.82, 2.24) is 15.2 Å². The molecule has 1 fully saturated rings. The van der Waals surface area contributed by atoms with Crippen molar-refractivity contribution >= 4 is 73.7 Å². The average Bonchev–Trinajstić information content (AvgIpc) is 3.77. The molecule has 5 aromatic carbocycles. The molecular formula is C46H38IN5O6S2. The number of esters is 1. The lowest BCUT2D eigenvalue weighted by molar-refractivity contribution is -0.154. The Kier molecular flexibility index (Phi) is 12.4. The number of carbonyl (C=O) groups excluding carboxylic acids is 3. The average molecular weight is 948 g/mol. The molecule has 11 nitrogen and oxygen atoms in total. The second-order valence-electron chi connectivity index (χ2n) is 13.9. The van der Waals surface area contributed by atoms with Crippen LogP contribution in [0.25, 0.3) is 0 Å². The SMILES string of the molecule is CO/N=C(\C(=O)NC1C(=O)N2C(C(=O)OC(c3ccccc3)c3ccccc3)=C(CI)C[S+]([O-])[C@@H]12)c1csc(NC(c2ccccc2)(c2ccccc2)c2ccccc2)n1. The van der Waals surface area contributed by atoms with E-state index in [4.69, 9.17) is 14.6 Å². The Morgan fingerprint density at radius 1 is 0.867 bits per heavy atom. The third kappa shape index (κ3) is 7.95. The van der Waals surface area contributed by atoms with Crippen LogP contribution in [-0.2, 0) is 40.7 Å². The highest BCUT2D eigenvalue weighted by atomic mass is 127. The van der Waals surface area contributed by atoms with Crippen molar-refractivity contribution in [3.63, 3.8) is 0 Å². The number of nitrogens with zero attached hydrogens (tertiary/aromatic N) is 3. The summed E-state index contributed by atoms with van der Waals surface area (Å²) in [5.74, 6) is -2.05. The predicted octanol–water partition coefficient (Wildman–Crippen LogP) is 7.33. The quantitative estimate of drug-likeness (QED) is 0.0169. The number of ether oxygens (including phenoxy) is 1. The lowest BCUT2D eigenvalue weighted by Gasteiger charge is -2.49. The van der Waals surface area contributed by atoms with Crippen molar-refractivity contribution in [2.24, 2.45) is 5.16 Å². The second-order valence-corrected chi connectivity index (χ2v) is 17.1. The van der Waals surface area contributed by atoms with Gasteiger partial charge in [0.05, 0.1) is 0 Å². The molecule has 0 bridgehead atoms. The summed E-state index contributed by atoms with van der Waals surface area (Å²) in [6.45, 7) is 0. The molecule has 2 aliphatic heterocycles. The van der Waals surface area contributed by atoms with Gasteiger partial charge in [-0.2, -0.15) is 0 Å². The molecule has 2 aliphatic rings. The van der Waals surface area contributed by atoms with E-state index in [1.807, 2.05) is 115 Å². The molecule has 2 N–H and O–H groups in total. The Hall–Kier alpha value is -5.81. The number of halogens is 1. The van der Waals surface area contributed by atoms with Crippen LogP contribution in [0.1, 0.15) is 39.6 Å². The fourth-order valence-electron chi connectivity index (χ4n) is 7.58. The van der Waals surface area contributed by atoms with Crippen LogP contribution < -0.4 is 10.6 Å². The number of nitrogens with one attached hydrogen (secondary N) is 2. The van der Waals surface area contributed by atoms with Crippen LogP contribution in [0.5, 0.6) is 0 Å². The zero-order chi connectivity index (χ0) is 41.6. The van der Waals surface area contributed by atoms with E-state index < -0.39 is 52.0 Å². The molecule has 1 aromatic heterocycles. The number of benzene rings is 5. The molecule has 3 atom stereocenters. The minimum atomic E-state index is -1.65. The first kappa shape index (κ1) is 40.9. The van der Waals surface area contributed by atoms with Crippen molar-refractivity contribution in [1.29, 1.82) is 0 Å². The topological polar surface area (TPSA) is 145 Å². The van der Waals surface area contributed by atoms with Crippen LogP contribution in [0.2, 0.25) is 0 Å². The summed E-state index contributed by atoms with van der Waals surface area (Å²) >= 11 is 1.72. The molecule has 3 heterocycles. The number of hydrogen-bond donors (Lipinski definition) is 2. The normalized spacial score (nSPS) is 17.7. The van der Waals surface area contributed by atoms with E-state index in [0.717, 1.165) is 27.8 Å². The molecule has 8 rings (SSSR count). The number of hydrogen-bond acceptors (Lipinski definition) is 10. The highest BCUT2D eigenvalue weighted by Crippen LogP contribution is 2.42. The molecule has 0 spiro atoms. The molecule has 302 valence electrons. The number of alkyl halides is 1. The molecule has 2 unspecified atom stereocenters. The van der Waals surface area contributed by atoms with Gasteiger partial charge >= 0.3 is 5.97 Å².